The molecule has 0 aliphatic carbocycles. The Labute approximate surface area is 282 Å². The van der Waals surface area contributed by atoms with Crippen LogP contribution in [0.5, 0.6) is 17.2 Å². The van der Waals surface area contributed by atoms with Crippen LogP contribution in [0.4, 0.5) is 5.13 Å². The number of carbonyl (C=O) groups is 2. The van der Waals surface area contributed by atoms with Gasteiger partial charge in [0.1, 0.15) is 17.6 Å². The van der Waals surface area contributed by atoms with E-state index in [1.807, 2.05) is 50.2 Å². The molecule has 2 aliphatic rings. The Bertz CT molecular complexity index is 1810. The van der Waals surface area contributed by atoms with E-state index in [4.69, 9.17) is 14.2 Å². The highest BCUT2D eigenvalue weighted by Gasteiger charge is 2.48. The Hall–Kier alpha value is -4.35. The van der Waals surface area contributed by atoms with E-state index >= 15 is 0 Å². The van der Waals surface area contributed by atoms with Crippen molar-refractivity contribution in [2.45, 2.75) is 62.8 Å². The highest BCUT2D eigenvalue weighted by atomic mass is 32.2. The molecule has 6 rings (SSSR count). The number of carbonyl (C=O) groups excluding carboxylic acids is 2. The fraction of sp³-hybridized carbons (Fsp3) is 0.333. The summed E-state index contributed by atoms with van der Waals surface area (Å²) in [7, 11) is 0. The number of rotatable bonds is 12. The summed E-state index contributed by atoms with van der Waals surface area (Å²) in [5.41, 5.74) is 3.02. The molecule has 11 heteroatoms. The van der Waals surface area contributed by atoms with Gasteiger partial charge in [-0.2, -0.15) is 0 Å². The topological polar surface area (TPSA) is 111 Å². The molecule has 0 spiro atoms. The van der Waals surface area contributed by atoms with E-state index in [1.165, 1.54) is 28.0 Å². The Morgan fingerprint density at radius 3 is 2.64 bits per heavy atom. The molecular weight excluding hydrogens is 635 g/mol. The van der Waals surface area contributed by atoms with Crippen LogP contribution < -0.4 is 19.1 Å². The first-order valence-electron chi connectivity index (χ1n) is 15.7. The first kappa shape index (κ1) is 32.6. The van der Waals surface area contributed by atoms with E-state index in [1.54, 1.807) is 30.3 Å². The molecule has 0 unspecified atom stereocenters. The van der Waals surface area contributed by atoms with Gasteiger partial charge in [-0.25, -0.2) is 0 Å². The van der Waals surface area contributed by atoms with Crippen molar-refractivity contribution in [3.63, 3.8) is 0 Å². The third-order valence-corrected chi connectivity index (χ3v) is 10.1. The SMILES string of the molecule is CCOc1cc([C@H]2C(=C(O)c3ccc4c(c3)C[C@@H](C)O4)C(=O)C(=O)N2c2nnc(SCc3ccccc3)s2)ccc1OCCC(C)C. The molecule has 2 aliphatic heterocycles. The molecular formula is C36H37N3O6S2. The Morgan fingerprint density at radius 1 is 1.06 bits per heavy atom. The molecule has 244 valence electrons. The average Bonchev–Trinajstić information content (AvgIpc) is 3.75. The summed E-state index contributed by atoms with van der Waals surface area (Å²) < 4.78 is 18.5. The number of amides is 1. The van der Waals surface area contributed by atoms with Crippen LogP contribution in [0.15, 0.2) is 76.6 Å². The van der Waals surface area contributed by atoms with Crippen molar-refractivity contribution in [3.8, 4) is 17.2 Å². The number of aromatic nitrogens is 2. The van der Waals surface area contributed by atoms with Crippen molar-refractivity contribution in [2.75, 3.05) is 18.1 Å². The van der Waals surface area contributed by atoms with Gasteiger partial charge in [-0.05, 0) is 73.2 Å². The number of fused-ring (bicyclic) bond motifs is 1. The van der Waals surface area contributed by atoms with Crippen LogP contribution >= 0.6 is 23.1 Å². The first-order chi connectivity index (χ1) is 22.7. The van der Waals surface area contributed by atoms with E-state index in [-0.39, 0.29) is 22.6 Å². The number of hydrogen-bond acceptors (Lipinski definition) is 10. The Morgan fingerprint density at radius 2 is 1.87 bits per heavy atom. The summed E-state index contributed by atoms with van der Waals surface area (Å²) in [6.45, 7) is 9.03. The fourth-order valence-electron chi connectivity index (χ4n) is 5.63. The molecule has 2 atom stereocenters. The molecule has 1 saturated heterocycles. The molecule has 0 saturated carbocycles. The summed E-state index contributed by atoms with van der Waals surface area (Å²) in [5.74, 6) is 1.08. The highest BCUT2D eigenvalue weighted by Crippen LogP contribution is 2.46. The van der Waals surface area contributed by atoms with Gasteiger partial charge < -0.3 is 19.3 Å². The van der Waals surface area contributed by atoms with Gasteiger partial charge in [-0.3, -0.25) is 14.5 Å². The monoisotopic (exact) mass is 671 g/mol. The van der Waals surface area contributed by atoms with Gasteiger partial charge in [-0.15, -0.1) is 10.2 Å². The number of benzene rings is 3. The van der Waals surface area contributed by atoms with Gasteiger partial charge in [0, 0.05) is 17.7 Å². The van der Waals surface area contributed by atoms with Gasteiger partial charge in [0.2, 0.25) is 5.13 Å². The van der Waals surface area contributed by atoms with Crippen LogP contribution in [-0.4, -0.2) is 46.3 Å². The first-order valence-corrected chi connectivity index (χ1v) is 17.5. The molecule has 4 aromatic rings. The average molecular weight is 672 g/mol. The highest BCUT2D eigenvalue weighted by molar-refractivity contribution is 8.00. The van der Waals surface area contributed by atoms with Crippen molar-refractivity contribution in [3.05, 3.63) is 94.6 Å². The fourth-order valence-corrected chi connectivity index (χ4v) is 7.46. The predicted octanol–water partition coefficient (Wildman–Crippen LogP) is 7.60. The van der Waals surface area contributed by atoms with Gasteiger partial charge in [0.05, 0.1) is 24.8 Å². The number of Topliss-reactive ketones (excluding diaryl/α,β-unsaturated/α-hetero) is 1. The van der Waals surface area contributed by atoms with Crippen molar-refractivity contribution in [1.82, 2.24) is 10.2 Å². The minimum atomic E-state index is -0.984. The number of thioether (sulfide) groups is 1. The zero-order chi connectivity index (χ0) is 33.1. The summed E-state index contributed by atoms with van der Waals surface area (Å²) in [6.07, 6.45) is 1.57. The number of ether oxygens (including phenoxy) is 3. The lowest BCUT2D eigenvalue weighted by atomic mass is 9.94. The van der Waals surface area contributed by atoms with Crippen LogP contribution in [0.1, 0.15) is 62.4 Å². The van der Waals surface area contributed by atoms with Crippen molar-refractivity contribution < 1.29 is 28.9 Å². The van der Waals surface area contributed by atoms with Crippen molar-refractivity contribution in [2.24, 2.45) is 5.92 Å². The molecule has 1 N–H and O–H groups in total. The Balaban J connectivity index is 1.41. The van der Waals surface area contributed by atoms with E-state index in [2.05, 4.69) is 24.0 Å². The summed E-state index contributed by atoms with van der Waals surface area (Å²) in [6, 6.07) is 19.7. The lowest BCUT2D eigenvalue weighted by Gasteiger charge is -2.24. The van der Waals surface area contributed by atoms with Crippen LogP contribution in [-0.2, 0) is 21.8 Å². The van der Waals surface area contributed by atoms with Crippen LogP contribution in [0.3, 0.4) is 0 Å². The van der Waals surface area contributed by atoms with Gasteiger partial charge in [0.25, 0.3) is 5.78 Å². The lowest BCUT2D eigenvalue weighted by molar-refractivity contribution is -0.132. The molecule has 1 aromatic heterocycles. The van der Waals surface area contributed by atoms with Crippen LogP contribution in [0.25, 0.3) is 5.76 Å². The van der Waals surface area contributed by atoms with Gasteiger partial charge >= 0.3 is 5.91 Å². The zero-order valence-electron chi connectivity index (χ0n) is 26.8. The Kier molecular flexibility index (Phi) is 9.84. The molecule has 1 amide bonds. The molecule has 0 radical (unpaired) electrons. The third kappa shape index (κ3) is 7.01. The summed E-state index contributed by atoms with van der Waals surface area (Å²) in [4.78, 5) is 29.0. The third-order valence-electron chi connectivity index (χ3n) is 7.96. The number of ketones is 1. The maximum atomic E-state index is 13.8. The maximum absolute atomic E-state index is 13.8. The number of hydrogen-bond donors (Lipinski definition) is 1. The summed E-state index contributed by atoms with van der Waals surface area (Å²) in [5, 5.41) is 20.7. The standard InChI is InChI=1S/C36H37N3O6S2/c1-5-43-29-19-24(11-14-28(29)44-16-15-21(2)3)31-30(32(40)25-12-13-27-26(18-25)17-22(4)45-27)33(41)34(42)39(31)35-37-38-36(47-35)46-20-23-9-7-6-8-10-23/h6-14,18-19,21-22,31,40H,5,15-17,20H2,1-4H3/t22-,31+/m1/s1. The smallest absolute Gasteiger partial charge is 0.301 e. The molecule has 0 bridgehead atoms. The molecule has 3 heterocycles. The van der Waals surface area contributed by atoms with Gasteiger partial charge in [-0.1, -0.05) is 73.3 Å². The maximum Gasteiger partial charge on any atom is 0.301 e. The number of anilines is 1. The van der Waals surface area contributed by atoms with E-state index in [0.29, 0.717) is 58.3 Å². The predicted molar refractivity (Wildman–Crippen MR) is 183 cm³/mol. The van der Waals surface area contributed by atoms with Crippen molar-refractivity contribution >= 4 is 45.7 Å². The largest absolute Gasteiger partial charge is 0.507 e. The summed E-state index contributed by atoms with van der Waals surface area (Å²) >= 11 is 2.73. The molecule has 47 heavy (non-hydrogen) atoms. The number of aliphatic hydroxyl groups is 1. The zero-order valence-corrected chi connectivity index (χ0v) is 28.4. The van der Waals surface area contributed by atoms with Crippen LogP contribution in [0.2, 0.25) is 0 Å². The second kappa shape index (κ2) is 14.2. The minimum absolute atomic E-state index is 0.0117. The second-order valence-electron chi connectivity index (χ2n) is 11.9. The van der Waals surface area contributed by atoms with E-state index in [0.717, 1.165) is 23.3 Å². The van der Waals surface area contributed by atoms with E-state index in [9.17, 15) is 14.7 Å². The normalized spacial score (nSPS) is 18.4. The van der Waals surface area contributed by atoms with E-state index < -0.39 is 17.7 Å². The quantitative estimate of drug-likeness (QED) is 0.0535. The van der Waals surface area contributed by atoms with Gasteiger partial charge in [0.15, 0.2) is 15.8 Å². The lowest BCUT2D eigenvalue weighted by Crippen LogP contribution is -2.29. The molecule has 9 nitrogen and oxygen atoms in total. The second-order valence-corrected chi connectivity index (χ2v) is 14.1. The number of nitrogens with zero attached hydrogens (tertiary/aromatic N) is 3. The minimum Gasteiger partial charge on any atom is -0.507 e. The van der Waals surface area contributed by atoms with Crippen LogP contribution in [0, 0.1) is 5.92 Å². The van der Waals surface area contributed by atoms with Crippen molar-refractivity contribution in [1.29, 1.82) is 0 Å². The molecule has 3 aromatic carbocycles. The molecule has 1 fully saturated rings. The number of aliphatic hydroxyl groups excluding tert-OH is 1.